The number of allylic oxidation sites excluding steroid dienone is 8. The molecular formula is C52H92O6. The molecule has 58 heavy (non-hydrogen) atoms. The van der Waals surface area contributed by atoms with Gasteiger partial charge >= 0.3 is 17.9 Å². The molecule has 0 amide bonds. The maximum Gasteiger partial charge on any atom is 0.306 e. The highest BCUT2D eigenvalue weighted by Crippen LogP contribution is 2.15. The Balaban J connectivity index is 4.34. The summed E-state index contributed by atoms with van der Waals surface area (Å²) in [5.74, 6) is -0.927. The molecule has 0 radical (unpaired) electrons. The minimum Gasteiger partial charge on any atom is -0.462 e. The van der Waals surface area contributed by atoms with Crippen molar-refractivity contribution < 1.29 is 28.6 Å². The number of unbranched alkanes of at least 4 members (excludes halogenated alkanes) is 25. The van der Waals surface area contributed by atoms with E-state index < -0.39 is 6.10 Å². The first-order chi connectivity index (χ1) is 28.5. The Bertz CT molecular complexity index is 1030. The van der Waals surface area contributed by atoms with Gasteiger partial charge in [-0.25, -0.2) is 0 Å². The van der Waals surface area contributed by atoms with Crippen molar-refractivity contribution in [2.24, 2.45) is 0 Å². The summed E-state index contributed by atoms with van der Waals surface area (Å²) in [4.78, 5) is 37.8. The third-order valence-electron chi connectivity index (χ3n) is 10.6. The normalized spacial score (nSPS) is 12.4. The van der Waals surface area contributed by atoms with Gasteiger partial charge in [-0.2, -0.15) is 0 Å². The Morgan fingerprint density at radius 1 is 0.362 bits per heavy atom. The summed E-state index contributed by atoms with van der Waals surface area (Å²) in [6, 6.07) is 0. The average molecular weight is 813 g/mol. The lowest BCUT2D eigenvalue weighted by molar-refractivity contribution is -0.167. The predicted octanol–water partition coefficient (Wildman–Crippen LogP) is 15.9. The molecule has 6 nitrogen and oxygen atoms in total. The highest BCUT2D eigenvalue weighted by atomic mass is 16.6. The van der Waals surface area contributed by atoms with Crippen LogP contribution in [0.3, 0.4) is 0 Å². The molecule has 0 saturated carbocycles. The highest BCUT2D eigenvalue weighted by Gasteiger charge is 2.19. The van der Waals surface area contributed by atoms with Gasteiger partial charge in [-0.15, -0.1) is 0 Å². The van der Waals surface area contributed by atoms with E-state index in [0.717, 1.165) is 77.0 Å². The zero-order valence-electron chi connectivity index (χ0n) is 38.3. The first-order valence-corrected chi connectivity index (χ1v) is 24.6. The van der Waals surface area contributed by atoms with E-state index in [0.29, 0.717) is 19.3 Å². The number of hydrogen-bond donors (Lipinski definition) is 0. The van der Waals surface area contributed by atoms with Crippen LogP contribution in [0, 0.1) is 0 Å². The maximum absolute atomic E-state index is 12.7. The maximum atomic E-state index is 12.7. The summed E-state index contributed by atoms with van der Waals surface area (Å²) in [7, 11) is 0. The Morgan fingerprint density at radius 2 is 0.672 bits per heavy atom. The van der Waals surface area contributed by atoms with E-state index in [1.807, 2.05) is 0 Å². The molecule has 336 valence electrons. The molecule has 0 aromatic rings. The number of carbonyl (C=O) groups is 3. The molecular weight excluding hydrogens is 721 g/mol. The summed E-state index contributed by atoms with van der Waals surface area (Å²) >= 11 is 0. The van der Waals surface area contributed by atoms with E-state index in [2.05, 4.69) is 69.4 Å². The first kappa shape index (κ1) is 55.4. The zero-order chi connectivity index (χ0) is 42.3. The van der Waals surface area contributed by atoms with Gasteiger partial charge in [-0.3, -0.25) is 14.4 Å². The lowest BCUT2D eigenvalue weighted by Crippen LogP contribution is -2.30. The van der Waals surface area contributed by atoms with Crippen LogP contribution in [-0.2, 0) is 28.6 Å². The van der Waals surface area contributed by atoms with Crippen molar-refractivity contribution in [1.82, 2.24) is 0 Å². The van der Waals surface area contributed by atoms with Crippen LogP contribution in [0.15, 0.2) is 48.6 Å². The van der Waals surface area contributed by atoms with Crippen LogP contribution in [0.5, 0.6) is 0 Å². The third kappa shape index (κ3) is 44.5. The second-order valence-corrected chi connectivity index (χ2v) is 16.4. The van der Waals surface area contributed by atoms with Crippen LogP contribution < -0.4 is 0 Å². The summed E-state index contributed by atoms with van der Waals surface area (Å²) in [5.41, 5.74) is 0. The van der Waals surface area contributed by atoms with E-state index in [9.17, 15) is 14.4 Å². The molecule has 0 bridgehead atoms. The lowest BCUT2D eigenvalue weighted by atomic mass is 10.0. The Morgan fingerprint density at radius 3 is 1.05 bits per heavy atom. The van der Waals surface area contributed by atoms with E-state index in [1.54, 1.807) is 0 Å². The van der Waals surface area contributed by atoms with E-state index >= 15 is 0 Å². The SMILES string of the molecule is CC/C=C\C/C=C\C/C=C\C/C=C\CCCCC(=O)OC(COC(=O)CCCCCCCCCC)COC(=O)CCCCCCCCCCCCCCCCCCC. The molecule has 0 N–H and O–H groups in total. The minimum atomic E-state index is -0.788. The third-order valence-corrected chi connectivity index (χ3v) is 10.6. The summed E-state index contributed by atoms with van der Waals surface area (Å²) < 4.78 is 16.7. The quantitative estimate of drug-likeness (QED) is 0.0264. The Labute approximate surface area is 358 Å². The van der Waals surface area contributed by atoms with Crippen LogP contribution >= 0.6 is 0 Å². The summed E-state index contributed by atoms with van der Waals surface area (Å²) in [6.07, 6.45) is 55.3. The first-order valence-electron chi connectivity index (χ1n) is 24.6. The average Bonchev–Trinajstić information content (AvgIpc) is 3.22. The van der Waals surface area contributed by atoms with Crippen molar-refractivity contribution in [2.45, 2.75) is 252 Å². The van der Waals surface area contributed by atoms with Crippen molar-refractivity contribution >= 4 is 17.9 Å². The molecule has 1 atom stereocenters. The fraction of sp³-hybridized carbons (Fsp3) is 0.788. The molecule has 6 heteroatoms. The number of hydrogen-bond acceptors (Lipinski definition) is 6. The Kier molecular flexibility index (Phi) is 44.9. The minimum absolute atomic E-state index is 0.0868. The second kappa shape index (κ2) is 47.1. The van der Waals surface area contributed by atoms with Gasteiger partial charge in [0.05, 0.1) is 0 Å². The van der Waals surface area contributed by atoms with Gasteiger partial charge in [0.1, 0.15) is 13.2 Å². The van der Waals surface area contributed by atoms with Gasteiger partial charge in [0.25, 0.3) is 0 Å². The number of rotatable bonds is 44. The van der Waals surface area contributed by atoms with Crippen LogP contribution in [0.1, 0.15) is 245 Å². The fourth-order valence-electron chi connectivity index (χ4n) is 6.90. The molecule has 0 aliphatic rings. The van der Waals surface area contributed by atoms with Crippen molar-refractivity contribution in [3.63, 3.8) is 0 Å². The predicted molar refractivity (Wildman–Crippen MR) is 247 cm³/mol. The lowest BCUT2D eigenvalue weighted by Gasteiger charge is -2.18. The second-order valence-electron chi connectivity index (χ2n) is 16.4. The highest BCUT2D eigenvalue weighted by molar-refractivity contribution is 5.71. The van der Waals surface area contributed by atoms with Crippen molar-refractivity contribution in [2.75, 3.05) is 13.2 Å². The van der Waals surface area contributed by atoms with Gasteiger partial charge in [-0.1, -0.05) is 217 Å². The molecule has 0 aliphatic carbocycles. The molecule has 0 saturated heterocycles. The van der Waals surface area contributed by atoms with Gasteiger partial charge < -0.3 is 14.2 Å². The van der Waals surface area contributed by atoms with Crippen LogP contribution in [0.4, 0.5) is 0 Å². The molecule has 0 fully saturated rings. The molecule has 0 rings (SSSR count). The summed E-state index contributed by atoms with van der Waals surface area (Å²) in [6.45, 7) is 6.47. The summed E-state index contributed by atoms with van der Waals surface area (Å²) in [5, 5.41) is 0. The molecule has 0 aromatic heterocycles. The molecule has 0 spiro atoms. The van der Waals surface area contributed by atoms with Crippen LogP contribution in [0.2, 0.25) is 0 Å². The van der Waals surface area contributed by atoms with Crippen LogP contribution in [-0.4, -0.2) is 37.2 Å². The fourth-order valence-corrected chi connectivity index (χ4v) is 6.90. The monoisotopic (exact) mass is 813 g/mol. The number of esters is 3. The van der Waals surface area contributed by atoms with Crippen molar-refractivity contribution in [1.29, 1.82) is 0 Å². The van der Waals surface area contributed by atoms with Gasteiger partial charge in [0, 0.05) is 19.3 Å². The van der Waals surface area contributed by atoms with Crippen molar-refractivity contribution in [3.8, 4) is 0 Å². The molecule has 1 unspecified atom stereocenters. The number of carbonyl (C=O) groups excluding carboxylic acids is 3. The Hall–Kier alpha value is -2.63. The topological polar surface area (TPSA) is 78.9 Å². The van der Waals surface area contributed by atoms with Gasteiger partial charge in [-0.05, 0) is 57.8 Å². The van der Waals surface area contributed by atoms with E-state index in [1.165, 1.54) is 122 Å². The van der Waals surface area contributed by atoms with Gasteiger partial charge in [0.2, 0.25) is 0 Å². The largest absolute Gasteiger partial charge is 0.462 e. The van der Waals surface area contributed by atoms with Gasteiger partial charge in [0.15, 0.2) is 6.10 Å². The molecule has 0 aromatic carbocycles. The smallest absolute Gasteiger partial charge is 0.306 e. The van der Waals surface area contributed by atoms with E-state index in [4.69, 9.17) is 14.2 Å². The van der Waals surface area contributed by atoms with E-state index in [-0.39, 0.29) is 37.5 Å². The number of ether oxygens (including phenoxy) is 3. The zero-order valence-corrected chi connectivity index (χ0v) is 38.3. The molecule has 0 heterocycles. The van der Waals surface area contributed by atoms with Crippen LogP contribution in [0.25, 0.3) is 0 Å². The van der Waals surface area contributed by atoms with Crippen molar-refractivity contribution in [3.05, 3.63) is 48.6 Å². The molecule has 0 aliphatic heterocycles. The standard InChI is InChI=1S/C52H92O6/c1-4-7-10-13-16-19-21-23-25-26-28-29-31-33-36-39-42-45-51(54)57-48-49(47-56-50(53)44-41-38-35-18-15-12-9-6-3)58-52(55)46-43-40-37-34-32-30-27-24-22-20-17-14-11-8-5-2/h8,11,17,20,24,27,32,34,49H,4-7,9-10,12-16,18-19,21-23,25-26,28-31,33,35-48H2,1-3H3/b11-8-,20-17-,27-24-,34-32-.